The highest BCUT2D eigenvalue weighted by molar-refractivity contribution is 5.80. The number of nitrogens with zero attached hydrogens (tertiary/aromatic N) is 1. The normalized spacial score (nSPS) is 25.5. The highest BCUT2D eigenvalue weighted by Gasteiger charge is 2.29. The molecule has 1 aromatic carbocycles. The predicted octanol–water partition coefficient (Wildman–Crippen LogP) is 2.42. The molecule has 0 bridgehead atoms. The first-order chi connectivity index (χ1) is 13.2. The Morgan fingerprint density at radius 1 is 1.07 bits per heavy atom. The molecule has 0 radical (unpaired) electrons. The van der Waals surface area contributed by atoms with Gasteiger partial charge in [-0.3, -0.25) is 14.5 Å². The Bertz CT molecular complexity index is 686. The van der Waals surface area contributed by atoms with Crippen molar-refractivity contribution in [2.45, 2.75) is 51.0 Å². The molecule has 146 valence electrons. The number of amides is 2. The van der Waals surface area contributed by atoms with Crippen LogP contribution in [-0.4, -0.2) is 42.9 Å². The molecule has 2 aliphatic carbocycles. The fourth-order valence-electron chi connectivity index (χ4n) is 4.47. The molecule has 2 atom stereocenters. The number of benzene rings is 1. The number of piperidine rings is 1. The van der Waals surface area contributed by atoms with E-state index in [0.717, 1.165) is 45.2 Å². The minimum atomic E-state index is 0.0284. The maximum atomic E-state index is 12.6. The standard InChI is InChI=1S/C22H31N3O2/c26-21(24-20-9-3-6-17-5-1-2-8-19(17)20)15-25-12-4-7-18(14-25)22(27)23-13-16-10-11-16/h1-2,5,8,16,18,20H,3-4,6-7,9-15H2,(H,23,27)(H,24,26)/t18-,20+/m0/s1. The Hall–Kier alpha value is -1.88. The van der Waals surface area contributed by atoms with Crippen LogP contribution in [0.25, 0.3) is 0 Å². The molecule has 2 amide bonds. The third-order valence-electron chi connectivity index (χ3n) is 6.21. The van der Waals surface area contributed by atoms with Gasteiger partial charge in [0.1, 0.15) is 0 Å². The van der Waals surface area contributed by atoms with Crippen LogP contribution in [-0.2, 0) is 16.0 Å². The zero-order chi connectivity index (χ0) is 18.6. The summed E-state index contributed by atoms with van der Waals surface area (Å²) in [4.78, 5) is 27.2. The first kappa shape index (κ1) is 18.5. The van der Waals surface area contributed by atoms with Gasteiger partial charge in [-0.1, -0.05) is 24.3 Å². The Morgan fingerprint density at radius 3 is 2.78 bits per heavy atom. The van der Waals surface area contributed by atoms with Gasteiger partial charge in [0.15, 0.2) is 0 Å². The molecule has 0 unspecified atom stereocenters. The molecule has 5 heteroatoms. The molecule has 2 fully saturated rings. The SMILES string of the molecule is O=C(CN1CCC[C@H](C(=O)NCC2CC2)C1)N[C@@H]1CCCc2ccccc21. The molecule has 5 nitrogen and oxygen atoms in total. The summed E-state index contributed by atoms with van der Waals surface area (Å²) in [7, 11) is 0. The summed E-state index contributed by atoms with van der Waals surface area (Å²) in [5.41, 5.74) is 2.63. The van der Waals surface area contributed by atoms with E-state index in [1.54, 1.807) is 0 Å². The Labute approximate surface area is 161 Å². The summed E-state index contributed by atoms with van der Waals surface area (Å²) in [6.07, 6.45) is 7.66. The number of carbonyl (C=O) groups excluding carboxylic acids is 2. The van der Waals surface area contributed by atoms with Crippen molar-refractivity contribution in [3.05, 3.63) is 35.4 Å². The third kappa shape index (κ3) is 4.89. The molecule has 1 saturated carbocycles. The van der Waals surface area contributed by atoms with Crippen molar-refractivity contribution < 1.29 is 9.59 Å². The van der Waals surface area contributed by atoms with Crippen molar-refractivity contribution in [1.82, 2.24) is 15.5 Å². The first-order valence-electron chi connectivity index (χ1n) is 10.6. The van der Waals surface area contributed by atoms with Crippen LogP contribution in [0.2, 0.25) is 0 Å². The quantitative estimate of drug-likeness (QED) is 0.810. The summed E-state index contributed by atoms with van der Waals surface area (Å²) >= 11 is 0. The molecule has 1 saturated heterocycles. The number of carbonyl (C=O) groups is 2. The summed E-state index contributed by atoms with van der Waals surface area (Å²) in [6, 6.07) is 8.57. The number of hydrogen-bond acceptors (Lipinski definition) is 3. The minimum absolute atomic E-state index is 0.0284. The van der Waals surface area contributed by atoms with E-state index >= 15 is 0 Å². The molecule has 3 aliphatic rings. The lowest BCUT2D eigenvalue weighted by Crippen LogP contribution is -2.47. The first-order valence-corrected chi connectivity index (χ1v) is 10.6. The van der Waals surface area contributed by atoms with E-state index < -0.39 is 0 Å². The van der Waals surface area contributed by atoms with Crippen molar-refractivity contribution in [2.75, 3.05) is 26.2 Å². The number of nitrogens with one attached hydrogen (secondary N) is 2. The van der Waals surface area contributed by atoms with Gasteiger partial charge in [-0.15, -0.1) is 0 Å². The average Bonchev–Trinajstić information content (AvgIpc) is 3.51. The van der Waals surface area contributed by atoms with Gasteiger partial charge in [-0.2, -0.15) is 0 Å². The molecular weight excluding hydrogens is 338 g/mol. The zero-order valence-electron chi connectivity index (χ0n) is 16.1. The van der Waals surface area contributed by atoms with Gasteiger partial charge in [0.2, 0.25) is 11.8 Å². The highest BCUT2D eigenvalue weighted by Crippen LogP contribution is 2.29. The molecule has 4 rings (SSSR count). The van der Waals surface area contributed by atoms with Gasteiger partial charge in [0, 0.05) is 13.1 Å². The lowest BCUT2D eigenvalue weighted by Gasteiger charge is -2.32. The monoisotopic (exact) mass is 369 g/mol. The second-order valence-electron chi connectivity index (χ2n) is 8.47. The van der Waals surface area contributed by atoms with Gasteiger partial charge in [-0.05, 0) is 68.5 Å². The van der Waals surface area contributed by atoms with Gasteiger partial charge in [0.05, 0.1) is 18.5 Å². The molecular formula is C22H31N3O2. The number of likely N-dealkylation sites (tertiary alicyclic amines) is 1. The Balaban J connectivity index is 1.27. The molecule has 27 heavy (non-hydrogen) atoms. The van der Waals surface area contributed by atoms with Crippen LogP contribution < -0.4 is 10.6 Å². The van der Waals surface area contributed by atoms with E-state index in [1.807, 2.05) is 0 Å². The third-order valence-corrected chi connectivity index (χ3v) is 6.21. The lowest BCUT2D eigenvalue weighted by molar-refractivity contribution is -0.129. The van der Waals surface area contributed by atoms with Crippen LogP contribution in [0.5, 0.6) is 0 Å². The van der Waals surface area contributed by atoms with Crippen molar-refractivity contribution in [3.8, 4) is 0 Å². The minimum Gasteiger partial charge on any atom is -0.356 e. The van der Waals surface area contributed by atoms with Crippen LogP contribution >= 0.6 is 0 Å². The van der Waals surface area contributed by atoms with Crippen LogP contribution in [0.15, 0.2) is 24.3 Å². The Morgan fingerprint density at radius 2 is 1.93 bits per heavy atom. The fraction of sp³-hybridized carbons (Fsp3) is 0.636. The van der Waals surface area contributed by atoms with Gasteiger partial charge >= 0.3 is 0 Å². The fourth-order valence-corrected chi connectivity index (χ4v) is 4.47. The van der Waals surface area contributed by atoms with Crippen LogP contribution in [0, 0.1) is 11.8 Å². The van der Waals surface area contributed by atoms with Crippen molar-refractivity contribution in [3.63, 3.8) is 0 Å². The number of fused-ring (bicyclic) bond motifs is 1. The lowest BCUT2D eigenvalue weighted by atomic mass is 9.88. The highest BCUT2D eigenvalue weighted by atomic mass is 16.2. The van der Waals surface area contributed by atoms with Gasteiger partial charge in [0.25, 0.3) is 0 Å². The summed E-state index contributed by atoms with van der Waals surface area (Å²) in [5, 5.41) is 6.33. The van der Waals surface area contributed by atoms with Crippen molar-refractivity contribution >= 4 is 11.8 Å². The molecule has 2 N–H and O–H groups in total. The maximum Gasteiger partial charge on any atom is 0.234 e. The number of aryl methyl sites for hydroxylation is 1. The smallest absolute Gasteiger partial charge is 0.234 e. The van der Waals surface area contributed by atoms with Gasteiger partial charge < -0.3 is 10.6 Å². The van der Waals surface area contributed by atoms with E-state index in [1.165, 1.54) is 24.0 Å². The van der Waals surface area contributed by atoms with Crippen molar-refractivity contribution in [1.29, 1.82) is 0 Å². The average molecular weight is 370 g/mol. The molecule has 0 spiro atoms. The Kier molecular flexibility index (Phi) is 5.77. The molecule has 0 aromatic heterocycles. The summed E-state index contributed by atoms with van der Waals surface area (Å²) in [6.45, 7) is 2.83. The van der Waals surface area contributed by atoms with E-state index in [-0.39, 0.29) is 23.8 Å². The summed E-state index contributed by atoms with van der Waals surface area (Å²) < 4.78 is 0. The molecule has 1 aliphatic heterocycles. The molecule has 1 heterocycles. The second-order valence-corrected chi connectivity index (χ2v) is 8.47. The number of rotatable bonds is 6. The predicted molar refractivity (Wildman–Crippen MR) is 105 cm³/mol. The largest absolute Gasteiger partial charge is 0.356 e. The van der Waals surface area contributed by atoms with Crippen molar-refractivity contribution in [2.24, 2.45) is 11.8 Å². The van der Waals surface area contributed by atoms with Crippen LogP contribution in [0.1, 0.15) is 55.7 Å². The van der Waals surface area contributed by atoms with Crippen LogP contribution in [0.3, 0.4) is 0 Å². The van der Waals surface area contributed by atoms with E-state index in [0.29, 0.717) is 19.0 Å². The van der Waals surface area contributed by atoms with E-state index in [9.17, 15) is 9.59 Å². The van der Waals surface area contributed by atoms with E-state index in [4.69, 9.17) is 0 Å². The molecule has 1 aromatic rings. The topological polar surface area (TPSA) is 61.4 Å². The van der Waals surface area contributed by atoms with Gasteiger partial charge in [-0.25, -0.2) is 0 Å². The zero-order valence-corrected chi connectivity index (χ0v) is 16.1. The number of hydrogen-bond donors (Lipinski definition) is 2. The second kappa shape index (κ2) is 8.42. The van der Waals surface area contributed by atoms with Crippen LogP contribution in [0.4, 0.5) is 0 Å². The maximum absolute atomic E-state index is 12.6. The van der Waals surface area contributed by atoms with E-state index in [2.05, 4.69) is 39.8 Å². The summed E-state index contributed by atoms with van der Waals surface area (Å²) in [5.74, 6) is 0.988.